The van der Waals surface area contributed by atoms with Gasteiger partial charge in [-0.25, -0.2) is 9.97 Å². The van der Waals surface area contributed by atoms with Gasteiger partial charge in [0.15, 0.2) is 5.82 Å². The molecule has 1 aromatic heterocycles. The number of methoxy groups -OCH3 is 1. The number of carbonyl (C=O) groups excluding carboxylic acids is 1. The Labute approximate surface area is 113 Å². The van der Waals surface area contributed by atoms with Gasteiger partial charge in [-0.2, -0.15) is 0 Å². The summed E-state index contributed by atoms with van der Waals surface area (Å²) in [5.74, 6) is 1.97. The Balaban J connectivity index is 2.91. The van der Waals surface area contributed by atoms with Crippen molar-refractivity contribution in [3.63, 3.8) is 0 Å². The van der Waals surface area contributed by atoms with Gasteiger partial charge in [-0.1, -0.05) is 0 Å². The smallest absolute Gasteiger partial charge is 0.241 e. The molecule has 1 rings (SSSR count). The summed E-state index contributed by atoms with van der Waals surface area (Å²) in [6.07, 6.45) is 0. The van der Waals surface area contributed by atoms with E-state index in [0.717, 1.165) is 0 Å². The Bertz CT molecular complexity index is 436. The summed E-state index contributed by atoms with van der Waals surface area (Å²) in [5, 5.41) is 2.97. The number of hydrogen-bond donors (Lipinski definition) is 1. The van der Waals surface area contributed by atoms with E-state index in [1.54, 1.807) is 44.1 Å². The highest BCUT2D eigenvalue weighted by Gasteiger charge is 2.12. The molecule has 7 heteroatoms. The molecule has 1 heterocycles. The largest absolute Gasteiger partial charge is 0.377 e. The van der Waals surface area contributed by atoms with E-state index >= 15 is 0 Å². The molecular formula is C12H21N5O2. The van der Waals surface area contributed by atoms with E-state index in [1.165, 1.54) is 0 Å². The molecule has 106 valence electrons. The predicted octanol–water partition coefficient (Wildman–Crippen LogP) is 0.189. The van der Waals surface area contributed by atoms with E-state index in [1.807, 2.05) is 7.05 Å². The van der Waals surface area contributed by atoms with Crippen LogP contribution >= 0.6 is 0 Å². The van der Waals surface area contributed by atoms with Crippen LogP contribution in [0.4, 0.5) is 11.6 Å². The number of aromatic nitrogens is 2. The molecule has 0 bridgehead atoms. The maximum absolute atomic E-state index is 11.7. The molecule has 0 atom stereocenters. The number of nitrogens with zero attached hydrogens (tertiary/aromatic N) is 4. The third-order valence-corrected chi connectivity index (χ3v) is 2.55. The monoisotopic (exact) mass is 267 g/mol. The van der Waals surface area contributed by atoms with Crippen molar-refractivity contribution in [3.8, 4) is 0 Å². The summed E-state index contributed by atoms with van der Waals surface area (Å²) in [6.45, 7) is 0.595. The molecule has 19 heavy (non-hydrogen) atoms. The third-order valence-electron chi connectivity index (χ3n) is 2.55. The van der Waals surface area contributed by atoms with Crippen LogP contribution in [0.25, 0.3) is 0 Å². The van der Waals surface area contributed by atoms with Gasteiger partial charge in [0.05, 0.1) is 6.54 Å². The Kier molecular flexibility index (Phi) is 5.50. The van der Waals surface area contributed by atoms with Crippen molar-refractivity contribution in [1.82, 2.24) is 14.9 Å². The Morgan fingerprint density at radius 3 is 2.58 bits per heavy atom. The number of amides is 1. The van der Waals surface area contributed by atoms with E-state index in [4.69, 9.17) is 4.74 Å². The fourth-order valence-corrected chi connectivity index (χ4v) is 1.43. The molecule has 0 spiro atoms. The number of hydrogen-bond acceptors (Lipinski definition) is 6. The molecule has 0 fully saturated rings. The first-order valence-electron chi connectivity index (χ1n) is 5.94. The molecule has 7 nitrogen and oxygen atoms in total. The minimum absolute atomic E-state index is 0.0143. The number of ether oxygens (including phenoxy) is 1. The zero-order chi connectivity index (χ0) is 14.4. The minimum atomic E-state index is 0.0143. The van der Waals surface area contributed by atoms with Crippen LogP contribution in [0.15, 0.2) is 6.07 Å². The normalized spacial score (nSPS) is 10.2. The highest BCUT2D eigenvalue weighted by Crippen LogP contribution is 2.15. The molecule has 0 saturated carbocycles. The molecule has 0 aromatic carbocycles. The summed E-state index contributed by atoms with van der Waals surface area (Å²) < 4.78 is 5.03. The van der Waals surface area contributed by atoms with Crippen molar-refractivity contribution in [3.05, 3.63) is 11.9 Å². The topological polar surface area (TPSA) is 70.6 Å². The van der Waals surface area contributed by atoms with Crippen molar-refractivity contribution in [1.29, 1.82) is 0 Å². The predicted molar refractivity (Wildman–Crippen MR) is 74.3 cm³/mol. The first kappa shape index (κ1) is 15.2. The summed E-state index contributed by atoms with van der Waals surface area (Å²) in [7, 11) is 8.65. The summed E-state index contributed by atoms with van der Waals surface area (Å²) >= 11 is 0. The minimum Gasteiger partial charge on any atom is -0.377 e. The van der Waals surface area contributed by atoms with Gasteiger partial charge in [0.1, 0.15) is 18.2 Å². The van der Waals surface area contributed by atoms with E-state index < -0.39 is 0 Å². The lowest BCUT2D eigenvalue weighted by atomic mass is 10.4. The van der Waals surface area contributed by atoms with Crippen LogP contribution in [0.3, 0.4) is 0 Å². The van der Waals surface area contributed by atoms with Gasteiger partial charge in [-0.3, -0.25) is 4.79 Å². The van der Waals surface area contributed by atoms with Crippen molar-refractivity contribution >= 4 is 17.5 Å². The molecule has 0 unspecified atom stereocenters. The fourth-order valence-electron chi connectivity index (χ4n) is 1.43. The number of nitrogens with one attached hydrogen (secondary N) is 1. The highest BCUT2D eigenvalue weighted by atomic mass is 16.5. The van der Waals surface area contributed by atoms with E-state index in [-0.39, 0.29) is 12.5 Å². The van der Waals surface area contributed by atoms with Gasteiger partial charge in [-0.05, 0) is 0 Å². The van der Waals surface area contributed by atoms with Gasteiger partial charge in [0, 0.05) is 41.4 Å². The zero-order valence-corrected chi connectivity index (χ0v) is 12.1. The van der Waals surface area contributed by atoms with Crippen LogP contribution in [-0.2, 0) is 16.1 Å². The van der Waals surface area contributed by atoms with Gasteiger partial charge >= 0.3 is 0 Å². The molecule has 1 amide bonds. The fraction of sp³-hybridized carbons (Fsp3) is 0.583. The first-order chi connectivity index (χ1) is 8.97. The van der Waals surface area contributed by atoms with Crippen molar-refractivity contribution in [2.45, 2.75) is 6.61 Å². The number of anilines is 2. The van der Waals surface area contributed by atoms with Crippen molar-refractivity contribution in [2.75, 3.05) is 52.1 Å². The standard InChI is InChI=1S/C12H21N5O2/c1-13-9-6-11(15-10(14-9)8-19-5)17(4)7-12(18)16(2)3/h6H,7-8H2,1-5H3,(H,13,14,15). The molecule has 0 aliphatic rings. The first-order valence-corrected chi connectivity index (χ1v) is 5.94. The lowest BCUT2D eigenvalue weighted by Gasteiger charge is -2.21. The molecule has 0 aliphatic carbocycles. The average Bonchev–Trinajstić information content (AvgIpc) is 2.38. The van der Waals surface area contributed by atoms with Crippen LogP contribution in [-0.4, -0.2) is 62.6 Å². The molecule has 0 aliphatic heterocycles. The van der Waals surface area contributed by atoms with Crippen molar-refractivity contribution < 1.29 is 9.53 Å². The Morgan fingerprint density at radius 1 is 1.37 bits per heavy atom. The second-order valence-corrected chi connectivity index (χ2v) is 4.35. The van der Waals surface area contributed by atoms with Gasteiger partial charge in [0.25, 0.3) is 0 Å². The molecule has 0 saturated heterocycles. The molecule has 1 N–H and O–H groups in total. The summed E-state index contributed by atoms with van der Waals surface area (Å²) in [4.78, 5) is 23.7. The summed E-state index contributed by atoms with van der Waals surface area (Å²) in [5.41, 5.74) is 0. The molecular weight excluding hydrogens is 246 g/mol. The van der Waals surface area contributed by atoms with Crippen LogP contribution < -0.4 is 10.2 Å². The van der Waals surface area contributed by atoms with E-state index in [9.17, 15) is 4.79 Å². The number of likely N-dealkylation sites (N-methyl/N-ethyl adjacent to an activating group) is 2. The summed E-state index contributed by atoms with van der Waals surface area (Å²) in [6, 6.07) is 1.79. The number of rotatable bonds is 6. The van der Waals surface area contributed by atoms with Gasteiger partial charge < -0.3 is 19.9 Å². The van der Waals surface area contributed by atoms with Crippen LogP contribution in [0.1, 0.15) is 5.82 Å². The second kappa shape index (κ2) is 6.89. The lowest BCUT2D eigenvalue weighted by molar-refractivity contribution is -0.127. The maximum Gasteiger partial charge on any atom is 0.241 e. The zero-order valence-electron chi connectivity index (χ0n) is 12.1. The quantitative estimate of drug-likeness (QED) is 0.793. The molecule has 0 radical (unpaired) electrons. The van der Waals surface area contributed by atoms with Crippen molar-refractivity contribution in [2.24, 2.45) is 0 Å². The van der Waals surface area contributed by atoms with Crippen LogP contribution in [0.5, 0.6) is 0 Å². The maximum atomic E-state index is 11.7. The molecule has 1 aromatic rings. The van der Waals surface area contributed by atoms with Gasteiger partial charge in [0.2, 0.25) is 5.91 Å². The Hall–Kier alpha value is -1.89. The lowest BCUT2D eigenvalue weighted by Crippen LogP contribution is -2.34. The number of carbonyl (C=O) groups is 1. The van der Waals surface area contributed by atoms with Crippen LogP contribution in [0, 0.1) is 0 Å². The average molecular weight is 267 g/mol. The van der Waals surface area contributed by atoms with Gasteiger partial charge in [-0.15, -0.1) is 0 Å². The SMILES string of the molecule is CNc1cc(N(C)CC(=O)N(C)C)nc(COC)n1. The van der Waals surface area contributed by atoms with Crippen LogP contribution in [0.2, 0.25) is 0 Å². The van der Waals surface area contributed by atoms with E-state index in [0.29, 0.717) is 24.1 Å². The Morgan fingerprint density at radius 2 is 2.05 bits per heavy atom. The highest BCUT2D eigenvalue weighted by molar-refractivity contribution is 5.80. The third kappa shape index (κ3) is 4.36. The van der Waals surface area contributed by atoms with E-state index in [2.05, 4.69) is 15.3 Å². The second-order valence-electron chi connectivity index (χ2n) is 4.35.